The maximum absolute atomic E-state index is 11.0. The van der Waals surface area contributed by atoms with Crippen LogP contribution in [0.15, 0.2) is 0 Å². The average Bonchev–Trinajstić information content (AvgIpc) is 2.64. The number of aliphatic carboxylic acids is 1. The zero-order valence-corrected chi connectivity index (χ0v) is 9.16. The summed E-state index contributed by atoms with van der Waals surface area (Å²) in [7, 11) is 0. The molecule has 0 bridgehead atoms. The van der Waals surface area contributed by atoms with Crippen molar-refractivity contribution in [3.8, 4) is 0 Å². The lowest BCUT2D eigenvalue weighted by Crippen LogP contribution is -2.44. The zero-order valence-electron chi connectivity index (χ0n) is 9.16. The number of carbonyl (C=O) groups is 1. The van der Waals surface area contributed by atoms with E-state index in [1.165, 1.54) is 6.42 Å². The Balaban J connectivity index is 1.94. The predicted octanol–water partition coefficient (Wildman–Crippen LogP) is 1.01. The first-order chi connectivity index (χ1) is 7.12. The third-order valence-electron chi connectivity index (χ3n) is 3.64. The van der Waals surface area contributed by atoms with E-state index in [0.29, 0.717) is 12.3 Å². The Hall–Kier alpha value is -0.610. The Labute approximate surface area is 90.0 Å². The minimum Gasteiger partial charge on any atom is -0.480 e. The van der Waals surface area contributed by atoms with E-state index in [0.717, 1.165) is 26.0 Å². The molecule has 0 saturated carbocycles. The second-order valence-corrected chi connectivity index (χ2v) is 4.89. The number of ether oxygens (including phenoxy) is 1. The Morgan fingerprint density at radius 3 is 2.87 bits per heavy atom. The van der Waals surface area contributed by atoms with Gasteiger partial charge in [-0.15, -0.1) is 0 Å². The first-order valence-corrected chi connectivity index (χ1v) is 5.72. The van der Waals surface area contributed by atoms with Crippen LogP contribution in [0.4, 0.5) is 0 Å². The maximum atomic E-state index is 11.0. The minimum atomic E-state index is -0.749. The maximum Gasteiger partial charge on any atom is 0.323 e. The van der Waals surface area contributed by atoms with E-state index in [-0.39, 0.29) is 6.10 Å². The topological polar surface area (TPSA) is 58.6 Å². The number of nitrogens with one attached hydrogen (secondary N) is 1. The van der Waals surface area contributed by atoms with Gasteiger partial charge >= 0.3 is 5.97 Å². The van der Waals surface area contributed by atoms with E-state index in [4.69, 9.17) is 9.84 Å². The predicted molar refractivity (Wildman–Crippen MR) is 55.7 cm³/mol. The van der Waals surface area contributed by atoms with Gasteiger partial charge in [-0.2, -0.15) is 0 Å². The Morgan fingerprint density at radius 1 is 1.53 bits per heavy atom. The molecule has 0 spiro atoms. The monoisotopic (exact) mass is 213 g/mol. The van der Waals surface area contributed by atoms with Gasteiger partial charge in [-0.1, -0.05) is 0 Å². The normalized spacial score (nSPS) is 41.7. The fourth-order valence-corrected chi connectivity index (χ4v) is 2.59. The summed E-state index contributed by atoms with van der Waals surface area (Å²) in [4.78, 5) is 11.0. The number of carboxylic acid groups (broad SMARTS) is 1. The van der Waals surface area contributed by atoms with Crippen molar-refractivity contribution in [3.05, 3.63) is 0 Å². The molecular formula is C11H19NO3. The van der Waals surface area contributed by atoms with E-state index in [1.807, 2.05) is 0 Å². The molecule has 0 aliphatic carbocycles. The van der Waals surface area contributed by atoms with Gasteiger partial charge in [0.2, 0.25) is 0 Å². The van der Waals surface area contributed by atoms with E-state index in [9.17, 15) is 4.79 Å². The molecule has 2 heterocycles. The largest absolute Gasteiger partial charge is 0.480 e. The molecule has 2 aliphatic heterocycles. The highest BCUT2D eigenvalue weighted by molar-refractivity contribution is 5.78. The minimum absolute atomic E-state index is 0.271. The standard InChI is InChI=1S/C11H19NO3/c1-11(10(13)14)6-8(7-12-11)9-4-2-3-5-15-9/h8-9,12H,2-7H2,1H3,(H,13,14). The molecule has 0 aromatic heterocycles. The summed E-state index contributed by atoms with van der Waals surface area (Å²) in [5, 5.41) is 12.2. The van der Waals surface area contributed by atoms with E-state index in [2.05, 4.69) is 5.32 Å². The summed E-state index contributed by atoms with van der Waals surface area (Å²) < 4.78 is 5.70. The summed E-state index contributed by atoms with van der Waals surface area (Å²) in [5.41, 5.74) is -0.745. The average molecular weight is 213 g/mol. The fourth-order valence-electron chi connectivity index (χ4n) is 2.59. The molecule has 2 N–H and O–H groups in total. The molecule has 0 radical (unpaired) electrons. The summed E-state index contributed by atoms with van der Waals surface area (Å²) >= 11 is 0. The van der Waals surface area contributed by atoms with Gasteiger partial charge in [0.05, 0.1) is 6.10 Å². The molecule has 15 heavy (non-hydrogen) atoms. The highest BCUT2D eigenvalue weighted by Crippen LogP contribution is 2.31. The van der Waals surface area contributed by atoms with Crippen molar-refractivity contribution in [2.45, 2.75) is 44.2 Å². The molecule has 3 unspecified atom stereocenters. The van der Waals surface area contributed by atoms with Crippen molar-refractivity contribution in [2.24, 2.45) is 5.92 Å². The Morgan fingerprint density at radius 2 is 2.33 bits per heavy atom. The van der Waals surface area contributed by atoms with Gasteiger partial charge in [-0.25, -0.2) is 0 Å². The first-order valence-electron chi connectivity index (χ1n) is 5.72. The highest BCUT2D eigenvalue weighted by Gasteiger charge is 2.44. The molecule has 0 aromatic carbocycles. The van der Waals surface area contributed by atoms with Crippen molar-refractivity contribution in [2.75, 3.05) is 13.2 Å². The third kappa shape index (κ3) is 2.16. The quantitative estimate of drug-likeness (QED) is 0.718. The summed E-state index contributed by atoms with van der Waals surface area (Å²) in [6.45, 7) is 3.37. The number of carboxylic acids is 1. The molecule has 2 aliphatic rings. The van der Waals surface area contributed by atoms with E-state index in [1.54, 1.807) is 6.92 Å². The van der Waals surface area contributed by atoms with Crippen LogP contribution >= 0.6 is 0 Å². The van der Waals surface area contributed by atoms with Crippen LogP contribution in [-0.2, 0) is 9.53 Å². The van der Waals surface area contributed by atoms with Crippen LogP contribution in [-0.4, -0.2) is 35.9 Å². The lowest BCUT2D eigenvalue weighted by Gasteiger charge is -2.28. The first kappa shape index (κ1) is 10.9. The number of hydrogen-bond acceptors (Lipinski definition) is 3. The fraction of sp³-hybridized carbons (Fsp3) is 0.909. The van der Waals surface area contributed by atoms with Crippen molar-refractivity contribution in [3.63, 3.8) is 0 Å². The van der Waals surface area contributed by atoms with Crippen LogP contribution in [0.3, 0.4) is 0 Å². The number of rotatable bonds is 2. The molecule has 86 valence electrons. The lowest BCUT2D eigenvalue weighted by atomic mass is 9.88. The SMILES string of the molecule is CC1(C(=O)O)CC(C2CCCCO2)CN1. The smallest absolute Gasteiger partial charge is 0.323 e. The second kappa shape index (κ2) is 4.10. The van der Waals surface area contributed by atoms with Crippen molar-refractivity contribution < 1.29 is 14.6 Å². The van der Waals surface area contributed by atoms with Gasteiger partial charge in [-0.05, 0) is 38.5 Å². The van der Waals surface area contributed by atoms with Gasteiger partial charge in [0.15, 0.2) is 0 Å². The third-order valence-corrected chi connectivity index (χ3v) is 3.64. The van der Waals surface area contributed by atoms with Gasteiger partial charge in [0, 0.05) is 13.2 Å². The molecule has 0 aromatic rings. The Kier molecular flexibility index (Phi) is 2.98. The molecule has 2 rings (SSSR count). The summed E-state index contributed by atoms with van der Waals surface area (Å²) in [6, 6.07) is 0. The number of hydrogen-bond donors (Lipinski definition) is 2. The van der Waals surface area contributed by atoms with Gasteiger partial charge in [-0.3, -0.25) is 4.79 Å². The highest BCUT2D eigenvalue weighted by atomic mass is 16.5. The molecule has 2 fully saturated rings. The zero-order chi connectivity index (χ0) is 10.9. The molecule has 4 nitrogen and oxygen atoms in total. The van der Waals surface area contributed by atoms with Crippen LogP contribution in [0.2, 0.25) is 0 Å². The van der Waals surface area contributed by atoms with E-state index >= 15 is 0 Å². The lowest BCUT2D eigenvalue weighted by molar-refractivity contribution is -0.143. The van der Waals surface area contributed by atoms with Crippen LogP contribution in [0.1, 0.15) is 32.6 Å². The van der Waals surface area contributed by atoms with E-state index < -0.39 is 11.5 Å². The van der Waals surface area contributed by atoms with Gasteiger partial charge < -0.3 is 15.2 Å². The van der Waals surface area contributed by atoms with Crippen LogP contribution in [0.25, 0.3) is 0 Å². The molecule has 2 saturated heterocycles. The van der Waals surface area contributed by atoms with Crippen molar-refractivity contribution >= 4 is 5.97 Å². The molecular weight excluding hydrogens is 194 g/mol. The molecule has 4 heteroatoms. The molecule has 3 atom stereocenters. The van der Waals surface area contributed by atoms with Crippen LogP contribution < -0.4 is 5.32 Å². The van der Waals surface area contributed by atoms with Crippen molar-refractivity contribution in [1.82, 2.24) is 5.32 Å². The van der Waals surface area contributed by atoms with Gasteiger partial charge in [0.1, 0.15) is 5.54 Å². The van der Waals surface area contributed by atoms with Crippen molar-refractivity contribution in [1.29, 1.82) is 0 Å². The van der Waals surface area contributed by atoms with Crippen LogP contribution in [0.5, 0.6) is 0 Å². The van der Waals surface area contributed by atoms with Gasteiger partial charge in [0.25, 0.3) is 0 Å². The second-order valence-electron chi connectivity index (χ2n) is 4.89. The van der Waals surface area contributed by atoms with Crippen LogP contribution in [0, 0.1) is 5.92 Å². The Bertz CT molecular complexity index is 250. The summed E-state index contributed by atoms with van der Waals surface area (Å²) in [5.74, 6) is -0.382. The summed E-state index contributed by atoms with van der Waals surface area (Å²) in [6.07, 6.45) is 4.40. The molecule has 0 amide bonds.